The van der Waals surface area contributed by atoms with Crippen LogP contribution in [0.3, 0.4) is 0 Å². The normalized spacial score (nSPS) is 9.69. The van der Waals surface area contributed by atoms with Crippen LogP contribution in [0.1, 0.15) is 0 Å². The van der Waals surface area contributed by atoms with Crippen LogP contribution in [0, 0.1) is 11.6 Å². The highest BCUT2D eigenvalue weighted by Crippen LogP contribution is 2.14. The van der Waals surface area contributed by atoms with Crippen molar-refractivity contribution in [1.82, 2.24) is 5.32 Å². The standard InChI is InChI=1S/C10H11F2NO3/c1-13-10(14)16-3-2-15-9-5-7(11)4-8(12)6-9/h4-6H,2-3H2,1H3,(H,13,14). The highest BCUT2D eigenvalue weighted by atomic mass is 19.1. The summed E-state index contributed by atoms with van der Waals surface area (Å²) in [4.78, 5) is 10.6. The van der Waals surface area contributed by atoms with Crippen molar-refractivity contribution < 1.29 is 23.0 Å². The summed E-state index contributed by atoms with van der Waals surface area (Å²) < 4.78 is 35.0. The number of carbonyl (C=O) groups is 1. The SMILES string of the molecule is CNC(=O)OCCOc1cc(F)cc(F)c1. The Labute approximate surface area is 91.2 Å². The van der Waals surface area contributed by atoms with Gasteiger partial charge in [0.15, 0.2) is 0 Å². The number of carbonyl (C=O) groups excluding carboxylic acids is 1. The molecule has 0 aromatic heterocycles. The number of hydrogen-bond donors (Lipinski definition) is 1. The van der Waals surface area contributed by atoms with Crippen molar-refractivity contribution in [3.63, 3.8) is 0 Å². The van der Waals surface area contributed by atoms with E-state index in [0.717, 1.165) is 18.2 Å². The highest BCUT2D eigenvalue weighted by molar-refractivity contribution is 5.66. The summed E-state index contributed by atoms with van der Waals surface area (Å²) >= 11 is 0. The Hall–Kier alpha value is -1.85. The van der Waals surface area contributed by atoms with Gasteiger partial charge in [-0.25, -0.2) is 13.6 Å². The van der Waals surface area contributed by atoms with Gasteiger partial charge in [-0.1, -0.05) is 0 Å². The van der Waals surface area contributed by atoms with Gasteiger partial charge in [0.05, 0.1) is 0 Å². The average Bonchev–Trinajstić information content (AvgIpc) is 2.22. The Balaban J connectivity index is 2.34. The lowest BCUT2D eigenvalue weighted by atomic mass is 10.3. The van der Waals surface area contributed by atoms with Crippen molar-refractivity contribution in [3.05, 3.63) is 29.8 Å². The molecule has 1 aromatic rings. The van der Waals surface area contributed by atoms with Crippen LogP contribution in [-0.2, 0) is 4.74 Å². The van der Waals surface area contributed by atoms with Crippen LogP contribution in [-0.4, -0.2) is 26.4 Å². The average molecular weight is 231 g/mol. The van der Waals surface area contributed by atoms with E-state index >= 15 is 0 Å². The third-order valence-electron chi connectivity index (χ3n) is 1.63. The maximum atomic E-state index is 12.7. The number of rotatable bonds is 4. The van der Waals surface area contributed by atoms with Crippen LogP contribution in [0.2, 0.25) is 0 Å². The molecule has 6 heteroatoms. The van der Waals surface area contributed by atoms with E-state index < -0.39 is 17.7 Å². The number of ether oxygens (including phenoxy) is 2. The summed E-state index contributed by atoms with van der Waals surface area (Å²) in [5.74, 6) is -1.39. The van der Waals surface area contributed by atoms with Gasteiger partial charge in [-0.05, 0) is 0 Å². The molecule has 0 radical (unpaired) electrons. The van der Waals surface area contributed by atoms with Crippen molar-refractivity contribution in [2.45, 2.75) is 0 Å². The lowest BCUT2D eigenvalue weighted by Gasteiger charge is -2.07. The van der Waals surface area contributed by atoms with E-state index in [0.29, 0.717) is 0 Å². The van der Waals surface area contributed by atoms with Crippen LogP contribution >= 0.6 is 0 Å². The molecule has 1 amide bonds. The first-order valence-corrected chi connectivity index (χ1v) is 4.55. The molecule has 0 heterocycles. The summed E-state index contributed by atoms with van der Waals surface area (Å²) in [5, 5.41) is 2.25. The molecule has 1 rings (SSSR count). The molecule has 0 spiro atoms. The van der Waals surface area contributed by atoms with Crippen LogP contribution in [0.5, 0.6) is 5.75 Å². The van der Waals surface area contributed by atoms with Crippen molar-refractivity contribution >= 4 is 6.09 Å². The summed E-state index contributed by atoms with van der Waals surface area (Å²) in [6, 6.07) is 2.83. The zero-order valence-electron chi connectivity index (χ0n) is 8.63. The Kier molecular flexibility index (Phi) is 4.50. The summed E-state index contributed by atoms with van der Waals surface area (Å²) in [6.45, 7) is 0.0219. The van der Waals surface area contributed by atoms with E-state index in [1.807, 2.05) is 0 Å². The molecule has 0 bridgehead atoms. The van der Waals surface area contributed by atoms with Gasteiger partial charge in [0.2, 0.25) is 0 Å². The smallest absolute Gasteiger partial charge is 0.406 e. The van der Waals surface area contributed by atoms with Crippen LogP contribution in [0.15, 0.2) is 18.2 Å². The zero-order valence-corrected chi connectivity index (χ0v) is 8.63. The summed E-state index contributed by atoms with van der Waals surface area (Å²) in [6.07, 6.45) is -0.589. The molecule has 88 valence electrons. The van der Waals surface area contributed by atoms with Crippen LogP contribution in [0.4, 0.5) is 13.6 Å². The maximum absolute atomic E-state index is 12.7. The van der Waals surface area contributed by atoms with Crippen molar-refractivity contribution in [3.8, 4) is 5.75 Å². The van der Waals surface area contributed by atoms with Crippen LogP contribution in [0.25, 0.3) is 0 Å². The molecule has 16 heavy (non-hydrogen) atoms. The number of amides is 1. The number of benzene rings is 1. The van der Waals surface area contributed by atoms with E-state index in [2.05, 4.69) is 10.1 Å². The Morgan fingerprint density at radius 1 is 1.25 bits per heavy atom. The van der Waals surface area contributed by atoms with Gasteiger partial charge in [-0.15, -0.1) is 0 Å². The van der Waals surface area contributed by atoms with Gasteiger partial charge >= 0.3 is 6.09 Å². The van der Waals surface area contributed by atoms with Gasteiger partial charge < -0.3 is 14.8 Å². The lowest BCUT2D eigenvalue weighted by molar-refractivity contribution is 0.126. The van der Waals surface area contributed by atoms with E-state index in [1.54, 1.807) is 0 Å². The molecule has 1 aromatic carbocycles. The van der Waals surface area contributed by atoms with Gasteiger partial charge in [-0.3, -0.25) is 0 Å². The molecule has 0 fully saturated rings. The first kappa shape index (κ1) is 12.2. The largest absolute Gasteiger partial charge is 0.490 e. The molecule has 4 nitrogen and oxygen atoms in total. The first-order valence-electron chi connectivity index (χ1n) is 4.55. The van der Waals surface area contributed by atoms with E-state index in [9.17, 15) is 13.6 Å². The minimum Gasteiger partial charge on any atom is -0.490 e. The van der Waals surface area contributed by atoms with Crippen molar-refractivity contribution in [1.29, 1.82) is 0 Å². The molecule has 0 saturated heterocycles. The summed E-state index contributed by atoms with van der Waals surface area (Å²) in [5.41, 5.74) is 0. The minimum absolute atomic E-state index is 0.00218. The predicted molar refractivity (Wildman–Crippen MR) is 52.3 cm³/mol. The fourth-order valence-corrected chi connectivity index (χ4v) is 0.978. The van der Waals surface area contributed by atoms with Crippen molar-refractivity contribution in [2.75, 3.05) is 20.3 Å². The fourth-order valence-electron chi connectivity index (χ4n) is 0.978. The number of nitrogens with one attached hydrogen (secondary N) is 1. The lowest BCUT2D eigenvalue weighted by Crippen LogP contribution is -2.21. The Bertz CT molecular complexity index is 351. The van der Waals surface area contributed by atoms with Gasteiger partial charge in [0, 0.05) is 25.2 Å². The third kappa shape index (κ3) is 4.12. The van der Waals surface area contributed by atoms with Gasteiger partial charge in [0.25, 0.3) is 0 Å². The molecule has 1 N–H and O–H groups in total. The van der Waals surface area contributed by atoms with Gasteiger partial charge in [-0.2, -0.15) is 0 Å². The van der Waals surface area contributed by atoms with Crippen molar-refractivity contribution in [2.24, 2.45) is 0 Å². The minimum atomic E-state index is -0.720. The highest BCUT2D eigenvalue weighted by Gasteiger charge is 2.02. The molecule has 0 unspecified atom stereocenters. The second-order valence-corrected chi connectivity index (χ2v) is 2.84. The predicted octanol–water partition coefficient (Wildman–Crippen LogP) is 1.70. The monoisotopic (exact) mass is 231 g/mol. The Morgan fingerprint density at radius 2 is 1.88 bits per heavy atom. The number of hydrogen-bond acceptors (Lipinski definition) is 3. The van der Waals surface area contributed by atoms with E-state index in [1.165, 1.54) is 7.05 Å². The zero-order chi connectivity index (χ0) is 12.0. The second-order valence-electron chi connectivity index (χ2n) is 2.84. The second kappa shape index (κ2) is 5.89. The van der Waals surface area contributed by atoms with Gasteiger partial charge in [0.1, 0.15) is 30.6 Å². The van der Waals surface area contributed by atoms with E-state index in [4.69, 9.17) is 4.74 Å². The molecule has 0 aliphatic heterocycles. The molecule has 0 atom stereocenters. The number of halogens is 2. The molecular weight excluding hydrogens is 220 g/mol. The summed E-state index contributed by atoms with van der Waals surface area (Å²) in [7, 11) is 1.42. The molecule has 0 aliphatic carbocycles. The van der Waals surface area contributed by atoms with E-state index in [-0.39, 0.29) is 19.0 Å². The fraction of sp³-hybridized carbons (Fsp3) is 0.300. The quantitative estimate of drug-likeness (QED) is 0.802. The Morgan fingerprint density at radius 3 is 2.44 bits per heavy atom. The molecular formula is C10H11F2NO3. The topological polar surface area (TPSA) is 47.6 Å². The third-order valence-corrected chi connectivity index (χ3v) is 1.63. The number of alkyl carbamates (subject to hydrolysis) is 1. The first-order chi connectivity index (χ1) is 7.61. The maximum Gasteiger partial charge on any atom is 0.406 e. The molecule has 0 saturated carbocycles. The molecule has 0 aliphatic rings. The van der Waals surface area contributed by atoms with Crippen LogP contribution < -0.4 is 10.1 Å².